The average Bonchev–Trinajstić information content (AvgIpc) is 3.64. The SMILES string of the molecule is C[Si](OCc1ccc(OCC2CO2)cc1)OCc1ccc(OCC2CO2)cc1. The minimum Gasteiger partial charge on any atom is -0.491 e. The quantitative estimate of drug-likeness (QED) is 0.402. The third kappa shape index (κ3) is 6.61. The van der Waals surface area contributed by atoms with Crippen molar-refractivity contribution in [1.29, 1.82) is 0 Å². The molecule has 0 aromatic heterocycles. The van der Waals surface area contributed by atoms with E-state index in [1.165, 1.54) is 0 Å². The molecule has 4 rings (SSSR count). The molecule has 0 N–H and O–H groups in total. The van der Waals surface area contributed by atoms with Crippen molar-refractivity contribution in [3.63, 3.8) is 0 Å². The van der Waals surface area contributed by atoms with Crippen molar-refractivity contribution >= 4 is 9.28 Å². The van der Waals surface area contributed by atoms with E-state index in [0.717, 1.165) is 35.8 Å². The van der Waals surface area contributed by atoms with E-state index in [9.17, 15) is 0 Å². The molecule has 2 aromatic rings. The predicted octanol–water partition coefficient (Wildman–Crippen LogP) is 3.09. The minimum absolute atomic E-state index is 0.270. The molecule has 2 saturated heterocycles. The molecule has 0 bridgehead atoms. The molecule has 2 fully saturated rings. The molecule has 2 atom stereocenters. The van der Waals surface area contributed by atoms with E-state index in [1.54, 1.807) is 0 Å². The molecule has 0 aliphatic carbocycles. The van der Waals surface area contributed by atoms with Crippen LogP contribution in [-0.2, 0) is 31.5 Å². The van der Waals surface area contributed by atoms with E-state index in [1.807, 2.05) is 55.1 Å². The lowest BCUT2D eigenvalue weighted by Gasteiger charge is -2.12. The van der Waals surface area contributed by atoms with Crippen molar-refractivity contribution in [1.82, 2.24) is 0 Å². The van der Waals surface area contributed by atoms with Gasteiger partial charge in [0.2, 0.25) is 0 Å². The van der Waals surface area contributed by atoms with Gasteiger partial charge in [0.15, 0.2) is 0 Å². The van der Waals surface area contributed by atoms with Crippen LogP contribution in [0.5, 0.6) is 11.5 Å². The standard InChI is InChI=1S/C21H25O6Si/c1-28(26-10-16-2-6-18(7-3-16)22-12-20-14-24-20)27-11-17-4-8-19(9-5-17)23-13-21-15-25-21/h2-9,20-21H,10-15H2,1H3. The van der Waals surface area contributed by atoms with E-state index in [2.05, 4.69) is 0 Å². The first-order valence-electron chi connectivity index (χ1n) is 9.50. The van der Waals surface area contributed by atoms with Crippen molar-refractivity contribution in [2.45, 2.75) is 32.0 Å². The number of hydrogen-bond acceptors (Lipinski definition) is 6. The van der Waals surface area contributed by atoms with Gasteiger partial charge in [-0.25, -0.2) is 0 Å². The van der Waals surface area contributed by atoms with Gasteiger partial charge in [0.05, 0.1) is 26.4 Å². The third-order valence-corrected chi connectivity index (χ3v) is 5.51. The van der Waals surface area contributed by atoms with Gasteiger partial charge in [0.1, 0.15) is 36.9 Å². The van der Waals surface area contributed by atoms with Gasteiger partial charge < -0.3 is 27.8 Å². The Morgan fingerprint density at radius 2 is 1.14 bits per heavy atom. The van der Waals surface area contributed by atoms with Crippen molar-refractivity contribution in [2.24, 2.45) is 0 Å². The number of benzene rings is 2. The summed E-state index contributed by atoms with van der Waals surface area (Å²) in [7, 11) is -1.33. The summed E-state index contributed by atoms with van der Waals surface area (Å²) in [6, 6.07) is 15.9. The lowest BCUT2D eigenvalue weighted by molar-refractivity contribution is 0.187. The lowest BCUT2D eigenvalue weighted by atomic mass is 10.2. The Hall–Kier alpha value is -1.90. The highest BCUT2D eigenvalue weighted by atomic mass is 28.3. The zero-order chi connectivity index (χ0) is 19.2. The second-order valence-corrected chi connectivity index (χ2v) is 8.45. The molecule has 28 heavy (non-hydrogen) atoms. The second-order valence-electron chi connectivity index (χ2n) is 6.89. The van der Waals surface area contributed by atoms with Gasteiger partial charge in [-0.1, -0.05) is 24.3 Å². The molecule has 0 saturated carbocycles. The summed E-state index contributed by atoms with van der Waals surface area (Å²) in [6.45, 7) is 5.92. The second kappa shape index (κ2) is 9.53. The highest BCUT2D eigenvalue weighted by Gasteiger charge is 2.23. The van der Waals surface area contributed by atoms with Crippen LogP contribution in [0.3, 0.4) is 0 Å². The van der Waals surface area contributed by atoms with Crippen molar-refractivity contribution in [3.05, 3.63) is 59.7 Å². The third-order valence-electron chi connectivity index (χ3n) is 4.41. The summed E-state index contributed by atoms with van der Waals surface area (Å²) >= 11 is 0. The average molecular weight is 402 g/mol. The minimum atomic E-state index is -1.33. The fraction of sp³-hybridized carbons (Fsp3) is 0.429. The predicted molar refractivity (Wildman–Crippen MR) is 105 cm³/mol. The molecule has 149 valence electrons. The maximum Gasteiger partial charge on any atom is 0.381 e. The molecular formula is C21H25O6Si. The van der Waals surface area contributed by atoms with Crippen LogP contribution < -0.4 is 9.47 Å². The summed E-state index contributed by atoms with van der Waals surface area (Å²) in [5.74, 6) is 1.71. The first-order valence-corrected chi connectivity index (χ1v) is 11.3. The maximum absolute atomic E-state index is 5.87. The first-order chi connectivity index (χ1) is 13.7. The number of epoxide rings is 2. The highest BCUT2D eigenvalue weighted by molar-refractivity contribution is 6.42. The van der Waals surface area contributed by atoms with Crippen LogP contribution in [0.2, 0.25) is 6.55 Å². The van der Waals surface area contributed by atoms with Crippen LogP contribution in [0.15, 0.2) is 48.5 Å². The molecular weight excluding hydrogens is 376 g/mol. The lowest BCUT2D eigenvalue weighted by Crippen LogP contribution is -2.18. The Labute approximate surface area is 167 Å². The van der Waals surface area contributed by atoms with Crippen molar-refractivity contribution in [3.8, 4) is 11.5 Å². The Morgan fingerprint density at radius 3 is 1.50 bits per heavy atom. The summed E-state index contributed by atoms with van der Waals surface area (Å²) < 4.78 is 33.3. The Balaban J connectivity index is 1.13. The van der Waals surface area contributed by atoms with Gasteiger partial charge in [0, 0.05) is 0 Å². The van der Waals surface area contributed by atoms with Gasteiger partial charge in [-0.15, -0.1) is 0 Å². The van der Waals surface area contributed by atoms with Crippen LogP contribution in [0.25, 0.3) is 0 Å². The summed E-state index contributed by atoms with van der Waals surface area (Å²) in [5.41, 5.74) is 2.20. The van der Waals surface area contributed by atoms with E-state index in [4.69, 9.17) is 27.8 Å². The number of ether oxygens (including phenoxy) is 4. The largest absolute Gasteiger partial charge is 0.491 e. The van der Waals surface area contributed by atoms with Crippen LogP contribution in [0.4, 0.5) is 0 Å². The summed E-state index contributed by atoms with van der Waals surface area (Å²) in [5, 5.41) is 0. The zero-order valence-corrected chi connectivity index (χ0v) is 17.0. The zero-order valence-electron chi connectivity index (χ0n) is 16.0. The Kier molecular flexibility index (Phi) is 6.61. The Morgan fingerprint density at radius 1 is 0.750 bits per heavy atom. The monoisotopic (exact) mass is 401 g/mol. The normalized spacial score (nSPS) is 20.2. The van der Waals surface area contributed by atoms with Gasteiger partial charge >= 0.3 is 9.28 Å². The van der Waals surface area contributed by atoms with E-state index in [0.29, 0.717) is 26.4 Å². The molecule has 1 radical (unpaired) electrons. The molecule has 2 heterocycles. The van der Waals surface area contributed by atoms with Crippen LogP contribution in [-0.4, -0.2) is 47.9 Å². The molecule has 7 heteroatoms. The molecule has 2 unspecified atom stereocenters. The summed E-state index contributed by atoms with van der Waals surface area (Å²) in [6.07, 6.45) is 0.540. The van der Waals surface area contributed by atoms with Crippen molar-refractivity contribution in [2.75, 3.05) is 26.4 Å². The molecule has 6 nitrogen and oxygen atoms in total. The molecule has 2 aliphatic rings. The molecule has 2 aromatic carbocycles. The van der Waals surface area contributed by atoms with Gasteiger partial charge in [0.25, 0.3) is 0 Å². The summed E-state index contributed by atoms with van der Waals surface area (Å²) in [4.78, 5) is 0. The fourth-order valence-corrected chi connectivity index (χ4v) is 3.31. The first kappa shape index (κ1) is 19.4. The van der Waals surface area contributed by atoms with Crippen LogP contribution in [0.1, 0.15) is 11.1 Å². The smallest absolute Gasteiger partial charge is 0.381 e. The fourth-order valence-electron chi connectivity index (χ4n) is 2.48. The molecule has 2 aliphatic heterocycles. The van der Waals surface area contributed by atoms with Gasteiger partial charge in [-0.05, 0) is 41.9 Å². The Bertz CT molecular complexity index is 664. The maximum atomic E-state index is 5.87. The van der Waals surface area contributed by atoms with Gasteiger partial charge in [-0.2, -0.15) is 0 Å². The van der Waals surface area contributed by atoms with E-state index >= 15 is 0 Å². The van der Waals surface area contributed by atoms with E-state index in [-0.39, 0.29) is 12.2 Å². The molecule has 0 amide bonds. The molecule has 0 spiro atoms. The van der Waals surface area contributed by atoms with E-state index < -0.39 is 9.28 Å². The van der Waals surface area contributed by atoms with Gasteiger partial charge in [-0.3, -0.25) is 0 Å². The number of rotatable bonds is 12. The topological polar surface area (TPSA) is 62.0 Å². The highest BCUT2D eigenvalue weighted by Crippen LogP contribution is 2.18. The van der Waals surface area contributed by atoms with Crippen LogP contribution in [0, 0.1) is 0 Å². The number of hydrogen-bond donors (Lipinski definition) is 0. The van der Waals surface area contributed by atoms with Crippen LogP contribution >= 0.6 is 0 Å². The van der Waals surface area contributed by atoms with Crippen molar-refractivity contribution < 1.29 is 27.8 Å².